The average Bonchev–Trinajstić information content (AvgIpc) is 1.88. The minimum Gasteiger partial charge on any atom is -0.128 e. The Labute approximate surface area is 70.6 Å². The molecule has 0 saturated carbocycles. The molecule has 0 unspecified atom stereocenters. The Morgan fingerprint density at radius 1 is 1.40 bits per heavy atom. The summed E-state index contributed by atoms with van der Waals surface area (Å²) < 4.78 is 0. The van der Waals surface area contributed by atoms with Crippen LogP contribution in [0.15, 0.2) is 23.1 Å². The highest BCUT2D eigenvalue weighted by Crippen LogP contribution is 2.27. The first-order chi connectivity index (χ1) is 4.75. The van der Waals surface area contributed by atoms with E-state index in [-0.39, 0.29) is 0 Å². The molecule has 10 heavy (non-hydrogen) atoms. The molecule has 0 amide bonds. The maximum atomic E-state index is 5.91. The second-order valence-corrected chi connectivity index (χ2v) is 3.31. The van der Waals surface area contributed by atoms with E-state index in [9.17, 15) is 0 Å². The fourth-order valence-corrected chi connectivity index (χ4v) is 1.98. The number of benzene rings is 1. The molecule has 0 aliphatic heterocycles. The van der Waals surface area contributed by atoms with Gasteiger partial charge in [0.1, 0.15) is 0 Å². The van der Waals surface area contributed by atoms with Crippen molar-refractivity contribution in [2.45, 2.75) is 11.8 Å². The van der Waals surface area contributed by atoms with E-state index in [0.29, 0.717) is 0 Å². The lowest BCUT2D eigenvalue weighted by molar-refractivity contribution is 1.31. The van der Waals surface area contributed by atoms with Gasteiger partial charge in [0.15, 0.2) is 0 Å². The zero-order valence-corrected chi connectivity index (χ0v) is 7.59. The van der Waals surface area contributed by atoms with Crippen molar-refractivity contribution in [2.24, 2.45) is 0 Å². The molecule has 1 rings (SSSR count). The average molecular weight is 173 g/mol. The van der Waals surface area contributed by atoms with E-state index in [1.807, 2.05) is 18.4 Å². The van der Waals surface area contributed by atoms with Crippen molar-refractivity contribution >= 4 is 23.4 Å². The summed E-state index contributed by atoms with van der Waals surface area (Å²) in [5, 5.41) is 0.854. The summed E-state index contributed by atoms with van der Waals surface area (Å²) in [7, 11) is 0. The number of aryl methyl sites for hydroxylation is 1. The van der Waals surface area contributed by atoms with Crippen LogP contribution < -0.4 is 0 Å². The highest BCUT2D eigenvalue weighted by Gasteiger charge is 1.99. The predicted octanol–water partition coefficient (Wildman–Crippen LogP) is 3.37. The first-order valence-corrected chi connectivity index (χ1v) is 4.65. The summed E-state index contributed by atoms with van der Waals surface area (Å²) in [5.74, 6) is 0. The van der Waals surface area contributed by atoms with Gasteiger partial charge in [-0.05, 0) is 24.8 Å². The Morgan fingerprint density at radius 3 is 2.50 bits per heavy atom. The molecule has 1 aromatic rings. The maximum absolute atomic E-state index is 5.91. The Morgan fingerprint density at radius 2 is 2.10 bits per heavy atom. The summed E-state index contributed by atoms with van der Waals surface area (Å²) in [6, 6.07) is 5.95. The largest absolute Gasteiger partial charge is 0.128 e. The van der Waals surface area contributed by atoms with Crippen LogP contribution in [0.2, 0.25) is 5.02 Å². The van der Waals surface area contributed by atoms with Crippen LogP contribution in [0.1, 0.15) is 5.56 Å². The molecule has 0 bridgehead atoms. The topological polar surface area (TPSA) is 0 Å². The van der Waals surface area contributed by atoms with E-state index >= 15 is 0 Å². The van der Waals surface area contributed by atoms with Crippen LogP contribution in [0.25, 0.3) is 0 Å². The lowest BCUT2D eigenvalue weighted by Crippen LogP contribution is -1.78. The normalized spacial score (nSPS) is 9.90. The molecular weight excluding hydrogens is 164 g/mol. The van der Waals surface area contributed by atoms with Crippen molar-refractivity contribution in [3.63, 3.8) is 0 Å². The molecule has 0 aliphatic carbocycles. The smallest absolute Gasteiger partial charge is 0.0544 e. The molecule has 0 fully saturated rings. The summed E-state index contributed by atoms with van der Waals surface area (Å²) in [6.45, 7) is 2.07. The molecule has 0 aromatic heterocycles. The SMILES string of the molecule is CSc1c(C)cccc1Cl. The minimum absolute atomic E-state index is 0.854. The molecule has 0 N–H and O–H groups in total. The van der Waals surface area contributed by atoms with Crippen LogP contribution in [-0.4, -0.2) is 6.26 Å². The van der Waals surface area contributed by atoms with Gasteiger partial charge in [0.05, 0.1) is 5.02 Å². The van der Waals surface area contributed by atoms with Gasteiger partial charge in [-0.25, -0.2) is 0 Å². The van der Waals surface area contributed by atoms with Crippen molar-refractivity contribution in [3.05, 3.63) is 28.8 Å². The molecule has 1 aromatic carbocycles. The summed E-state index contributed by atoms with van der Waals surface area (Å²) in [4.78, 5) is 1.18. The lowest BCUT2D eigenvalue weighted by Gasteiger charge is -2.02. The van der Waals surface area contributed by atoms with Crippen LogP contribution in [0.5, 0.6) is 0 Å². The van der Waals surface area contributed by atoms with Gasteiger partial charge >= 0.3 is 0 Å². The first kappa shape index (κ1) is 7.96. The van der Waals surface area contributed by atoms with E-state index in [1.54, 1.807) is 11.8 Å². The fraction of sp³-hybridized carbons (Fsp3) is 0.250. The number of hydrogen-bond acceptors (Lipinski definition) is 1. The Bertz CT molecular complexity index is 212. The summed E-state index contributed by atoms with van der Waals surface area (Å²) >= 11 is 7.60. The van der Waals surface area contributed by atoms with Crippen molar-refractivity contribution in [1.29, 1.82) is 0 Å². The quantitative estimate of drug-likeness (QED) is 0.586. The van der Waals surface area contributed by atoms with Crippen LogP contribution in [0.3, 0.4) is 0 Å². The molecule has 0 saturated heterocycles. The fourth-order valence-electron chi connectivity index (χ4n) is 0.875. The van der Waals surface area contributed by atoms with Crippen LogP contribution in [-0.2, 0) is 0 Å². The Hall–Kier alpha value is -0.140. The van der Waals surface area contributed by atoms with Gasteiger partial charge in [-0.1, -0.05) is 23.7 Å². The molecule has 0 aliphatic rings. The molecule has 0 nitrogen and oxygen atoms in total. The van der Waals surface area contributed by atoms with E-state index in [4.69, 9.17) is 11.6 Å². The third-order valence-electron chi connectivity index (χ3n) is 1.37. The maximum Gasteiger partial charge on any atom is 0.0544 e. The summed E-state index contributed by atoms with van der Waals surface area (Å²) in [6.07, 6.45) is 2.04. The first-order valence-electron chi connectivity index (χ1n) is 3.05. The van der Waals surface area contributed by atoms with E-state index in [0.717, 1.165) is 5.02 Å². The molecule has 2 heteroatoms. The standard InChI is InChI=1S/C8H9ClS/c1-6-4-3-5-7(9)8(6)10-2/h3-5H,1-2H3. The highest BCUT2D eigenvalue weighted by molar-refractivity contribution is 7.98. The molecule has 0 radical (unpaired) electrons. The van der Waals surface area contributed by atoms with Crippen molar-refractivity contribution < 1.29 is 0 Å². The molecular formula is C8H9ClS. The van der Waals surface area contributed by atoms with Crippen molar-refractivity contribution in [3.8, 4) is 0 Å². The zero-order chi connectivity index (χ0) is 7.56. The van der Waals surface area contributed by atoms with Crippen molar-refractivity contribution in [1.82, 2.24) is 0 Å². The van der Waals surface area contributed by atoms with E-state index in [2.05, 4.69) is 13.0 Å². The molecule has 54 valence electrons. The monoisotopic (exact) mass is 172 g/mol. The minimum atomic E-state index is 0.854. The van der Waals surface area contributed by atoms with E-state index in [1.165, 1.54) is 10.5 Å². The predicted molar refractivity (Wildman–Crippen MR) is 48.0 cm³/mol. The van der Waals surface area contributed by atoms with E-state index < -0.39 is 0 Å². The second-order valence-electron chi connectivity index (χ2n) is 2.09. The highest BCUT2D eigenvalue weighted by atomic mass is 35.5. The molecule has 0 spiro atoms. The van der Waals surface area contributed by atoms with Crippen LogP contribution in [0.4, 0.5) is 0 Å². The lowest BCUT2D eigenvalue weighted by atomic mass is 10.2. The molecule has 0 atom stereocenters. The van der Waals surface area contributed by atoms with Gasteiger partial charge < -0.3 is 0 Å². The van der Waals surface area contributed by atoms with Gasteiger partial charge in [-0.2, -0.15) is 0 Å². The van der Waals surface area contributed by atoms with Crippen LogP contribution >= 0.6 is 23.4 Å². The number of rotatable bonds is 1. The van der Waals surface area contributed by atoms with Gasteiger partial charge in [0.25, 0.3) is 0 Å². The third kappa shape index (κ3) is 1.47. The molecule has 0 heterocycles. The zero-order valence-electron chi connectivity index (χ0n) is 6.02. The van der Waals surface area contributed by atoms with Crippen molar-refractivity contribution in [2.75, 3.05) is 6.26 Å². The number of halogens is 1. The van der Waals surface area contributed by atoms with Gasteiger partial charge in [-0.3, -0.25) is 0 Å². The van der Waals surface area contributed by atoms with Gasteiger partial charge in [-0.15, -0.1) is 11.8 Å². The number of hydrogen-bond donors (Lipinski definition) is 0. The Balaban J connectivity index is 3.17. The van der Waals surface area contributed by atoms with Gasteiger partial charge in [0.2, 0.25) is 0 Å². The van der Waals surface area contributed by atoms with Crippen LogP contribution in [0, 0.1) is 6.92 Å². The third-order valence-corrected chi connectivity index (χ3v) is 2.75. The Kier molecular flexibility index (Phi) is 2.64. The number of thioether (sulfide) groups is 1. The second kappa shape index (κ2) is 3.31. The van der Waals surface area contributed by atoms with Gasteiger partial charge in [0, 0.05) is 4.90 Å². The summed E-state index contributed by atoms with van der Waals surface area (Å²) in [5.41, 5.74) is 1.25.